The zero-order valence-corrected chi connectivity index (χ0v) is 15.2. The van der Waals surface area contributed by atoms with Crippen LogP contribution in [0.25, 0.3) is 0 Å². The average Bonchev–Trinajstić information content (AvgIpc) is 2.76. The third kappa shape index (κ3) is 3.40. The number of hydrogen-bond acceptors (Lipinski definition) is 5. The second-order valence-corrected chi connectivity index (χ2v) is 8.94. The molecule has 0 saturated heterocycles. The topological polar surface area (TPSA) is 85.1 Å². The van der Waals surface area contributed by atoms with Gasteiger partial charge in [0.1, 0.15) is 10.7 Å². The lowest BCUT2D eigenvalue weighted by atomic mass is 10.3. The molecule has 2 aromatic rings. The summed E-state index contributed by atoms with van der Waals surface area (Å²) in [5, 5.41) is 0. The minimum absolute atomic E-state index is 0.172. The molecule has 0 fully saturated rings. The fourth-order valence-electron chi connectivity index (χ4n) is 1.47. The van der Waals surface area contributed by atoms with Crippen molar-refractivity contribution in [1.29, 1.82) is 0 Å². The van der Waals surface area contributed by atoms with Crippen LogP contribution in [0.4, 0.5) is 5.82 Å². The van der Waals surface area contributed by atoms with E-state index < -0.39 is 10.0 Å². The molecule has 0 saturated carbocycles. The second-order valence-electron chi connectivity index (χ2n) is 3.98. The average molecular weight is 441 g/mol. The van der Waals surface area contributed by atoms with Crippen molar-refractivity contribution in [1.82, 2.24) is 4.98 Å². The molecule has 108 valence electrons. The van der Waals surface area contributed by atoms with Crippen LogP contribution >= 0.6 is 43.2 Å². The van der Waals surface area contributed by atoms with Gasteiger partial charge < -0.3 is 5.73 Å². The minimum atomic E-state index is -3.68. The van der Waals surface area contributed by atoms with Gasteiger partial charge in [-0.3, -0.25) is 4.72 Å². The van der Waals surface area contributed by atoms with E-state index >= 15 is 0 Å². The Labute approximate surface area is 137 Å². The Morgan fingerprint density at radius 2 is 2.10 bits per heavy atom. The number of aromatic nitrogens is 1. The standard InChI is InChI=1S/C11H11Br2N3O2S2/c1-6-2-10(15-5-8(6)12)16-20(17,18)9-3-7(4-14)19-11(9)13/h2-3,5H,4,14H2,1H3,(H,15,16). The van der Waals surface area contributed by atoms with Gasteiger partial charge in [-0.05, 0) is 56.5 Å². The molecule has 0 bridgehead atoms. The van der Waals surface area contributed by atoms with Gasteiger partial charge in [-0.15, -0.1) is 11.3 Å². The molecular weight excluding hydrogens is 430 g/mol. The largest absolute Gasteiger partial charge is 0.326 e. The van der Waals surface area contributed by atoms with E-state index in [1.807, 2.05) is 6.92 Å². The van der Waals surface area contributed by atoms with Crippen molar-refractivity contribution < 1.29 is 8.42 Å². The van der Waals surface area contributed by atoms with Crippen molar-refractivity contribution in [2.45, 2.75) is 18.4 Å². The molecule has 0 spiro atoms. The molecule has 2 aromatic heterocycles. The van der Waals surface area contributed by atoms with E-state index in [4.69, 9.17) is 5.73 Å². The smallest absolute Gasteiger partial charge is 0.265 e. The fraction of sp³-hybridized carbons (Fsp3) is 0.182. The highest BCUT2D eigenvalue weighted by Gasteiger charge is 2.21. The molecule has 20 heavy (non-hydrogen) atoms. The SMILES string of the molecule is Cc1cc(NS(=O)(=O)c2cc(CN)sc2Br)ncc1Br. The first-order valence-corrected chi connectivity index (χ1v) is 9.35. The highest BCUT2D eigenvalue weighted by molar-refractivity contribution is 9.11. The third-order valence-corrected chi connectivity index (χ3v) is 6.94. The monoisotopic (exact) mass is 439 g/mol. The van der Waals surface area contributed by atoms with Crippen LogP contribution in [0.1, 0.15) is 10.4 Å². The molecule has 3 N–H and O–H groups in total. The lowest BCUT2D eigenvalue weighted by Gasteiger charge is -2.07. The van der Waals surface area contributed by atoms with E-state index in [0.717, 1.165) is 14.9 Å². The summed E-state index contributed by atoms with van der Waals surface area (Å²) < 4.78 is 28.4. The normalized spacial score (nSPS) is 11.6. The van der Waals surface area contributed by atoms with E-state index in [-0.39, 0.29) is 10.7 Å². The molecular formula is C11H11Br2N3O2S2. The summed E-state index contributed by atoms with van der Waals surface area (Å²) >= 11 is 7.87. The number of aryl methyl sites for hydroxylation is 1. The summed E-state index contributed by atoms with van der Waals surface area (Å²) in [5.74, 6) is 0.276. The van der Waals surface area contributed by atoms with Gasteiger partial charge >= 0.3 is 0 Å². The quantitative estimate of drug-likeness (QED) is 0.764. The highest BCUT2D eigenvalue weighted by Crippen LogP contribution is 2.32. The van der Waals surface area contributed by atoms with E-state index in [0.29, 0.717) is 10.3 Å². The number of sulfonamides is 1. The van der Waals surface area contributed by atoms with E-state index in [1.165, 1.54) is 11.3 Å². The van der Waals surface area contributed by atoms with Crippen molar-refractivity contribution in [3.8, 4) is 0 Å². The molecule has 0 aliphatic carbocycles. The van der Waals surface area contributed by atoms with Crippen LogP contribution in [0.15, 0.2) is 31.5 Å². The number of pyridine rings is 1. The van der Waals surface area contributed by atoms with Gasteiger partial charge in [-0.25, -0.2) is 13.4 Å². The van der Waals surface area contributed by atoms with Gasteiger partial charge in [0.05, 0.1) is 3.79 Å². The first kappa shape index (κ1) is 15.9. The lowest BCUT2D eigenvalue weighted by Crippen LogP contribution is -2.13. The number of nitrogens with one attached hydrogen (secondary N) is 1. The predicted octanol–water partition coefficient (Wildman–Crippen LogP) is 3.24. The molecule has 0 unspecified atom stereocenters. The third-order valence-electron chi connectivity index (χ3n) is 2.48. The number of rotatable bonds is 4. The first-order valence-electron chi connectivity index (χ1n) is 5.46. The molecule has 0 aliphatic heterocycles. The molecule has 5 nitrogen and oxygen atoms in total. The molecule has 2 heterocycles. The van der Waals surface area contributed by atoms with Crippen LogP contribution in [0.2, 0.25) is 0 Å². The minimum Gasteiger partial charge on any atom is -0.326 e. The Kier molecular flexibility index (Phi) is 4.85. The molecule has 0 amide bonds. The predicted molar refractivity (Wildman–Crippen MR) is 87.4 cm³/mol. The van der Waals surface area contributed by atoms with E-state index in [2.05, 4.69) is 41.6 Å². The van der Waals surface area contributed by atoms with Crippen LogP contribution in [0.5, 0.6) is 0 Å². The molecule has 9 heteroatoms. The Balaban J connectivity index is 2.35. The molecule has 0 atom stereocenters. The van der Waals surface area contributed by atoms with Crippen molar-refractivity contribution in [3.63, 3.8) is 0 Å². The second kappa shape index (κ2) is 6.10. The van der Waals surface area contributed by atoms with Crippen molar-refractivity contribution >= 4 is 59.0 Å². The summed E-state index contributed by atoms with van der Waals surface area (Å²) in [4.78, 5) is 4.99. The first-order chi connectivity index (χ1) is 9.33. The van der Waals surface area contributed by atoms with Crippen molar-refractivity contribution in [2.75, 3.05) is 4.72 Å². The van der Waals surface area contributed by atoms with Gasteiger partial charge in [-0.2, -0.15) is 0 Å². The summed E-state index contributed by atoms with van der Waals surface area (Å²) in [6, 6.07) is 3.22. The van der Waals surface area contributed by atoms with Crippen LogP contribution < -0.4 is 10.5 Å². The highest BCUT2D eigenvalue weighted by atomic mass is 79.9. The van der Waals surface area contributed by atoms with Gasteiger partial charge in [-0.1, -0.05) is 0 Å². The summed E-state index contributed by atoms with van der Waals surface area (Å²) in [6.45, 7) is 2.16. The van der Waals surface area contributed by atoms with Crippen molar-refractivity contribution in [2.24, 2.45) is 5.73 Å². The summed E-state index contributed by atoms with van der Waals surface area (Å²) in [7, 11) is -3.68. The van der Waals surface area contributed by atoms with Crippen LogP contribution in [-0.2, 0) is 16.6 Å². The zero-order valence-electron chi connectivity index (χ0n) is 10.4. The molecule has 0 aromatic carbocycles. The van der Waals surface area contributed by atoms with Gasteiger partial charge in [0.15, 0.2) is 0 Å². The van der Waals surface area contributed by atoms with E-state index in [9.17, 15) is 8.42 Å². The van der Waals surface area contributed by atoms with Crippen LogP contribution in [0.3, 0.4) is 0 Å². The van der Waals surface area contributed by atoms with E-state index in [1.54, 1.807) is 18.3 Å². The number of anilines is 1. The Bertz CT molecular complexity index is 744. The maximum atomic E-state index is 12.3. The maximum absolute atomic E-state index is 12.3. The summed E-state index contributed by atoms with van der Waals surface area (Å²) in [6.07, 6.45) is 1.56. The van der Waals surface area contributed by atoms with Gasteiger partial charge in [0.2, 0.25) is 0 Å². The number of nitrogens with two attached hydrogens (primary N) is 1. The zero-order chi connectivity index (χ0) is 14.9. The number of nitrogens with zero attached hydrogens (tertiary/aromatic N) is 1. The lowest BCUT2D eigenvalue weighted by molar-refractivity contribution is 0.601. The number of thiophene rings is 1. The van der Waals surface area contributed by atoms with Gasteiger partial charge in [0.25, 0.3) is 10.0 Å². The van der Waals surface area contributed by atoms with Gasteiger partial charge in [0, 0.05) is 22.1 Å². The fourth-order valence-corrected chi connectivity index (χ4v) is 5.25. The summed E-state index contributed by atoms with van der Waals surface area (Å²) in [5.41, 5.74) is 6.41. The van der Waals surface area contributed by atoms with Crippen molar-refractivity contribution in [3.05, 3.63) is 37.0 Å². The number of hydrogen-bond donors (Lipinski definition) is 2. The molecule has 2 rings (SSSR count). The maximum Gasteiger partial charge on any atom is 0.265 e. The Hall–Kier alpha value is -0.480. The molecule has 0 radical (unpaired) electrons. The number of halogens is 2. The Morgan fingerprint density at radius 3 is 2.65 bits per heavy atom. The Morgan fingerprint density at radius 1 is 1.40 bits per heavy atom. The molecule has 0 aliphatic rings. The van der Waals surface area contributed by atoms with Crippen LogP contribution in [-0.4, -0.2) is 13.4 Å². The van der Waals surface area contributed by atoms with Crippen LogP contribution in [0, 0.1) is 6.92 Å².